The van der Waals surface area contributed by atoms with Gasteiger partial charge in [0.25, 0.3) is 0 Å². The molecular weight excluding hydrogens is 444 g/mol. The average Bonchev–Trinajstić information content (AvgIpc) is 2.79. The van der Waals surface area contributed by atoms with Crippen molar-refractivity contribution in [3.8, 4) is 0 Å². The highest BCUT2D eigenvalue weighted by molar-refractivity contribution is 7.95. The summed E-state index contributed by atoms with van der Waals surface area (Å²) in [6.45, 7) is 18.6. The number of piperidine rings is 1. The van der Waals surface area contributed by atoms with Crippen molar-refractivity contribution in [3.05, 3.63) is 66.4 Å². The fourth-order valence-corrected chi connectivity index (χ4v) is 4.97. The molecule has 1 amide bonds. The lowest BCUT2D eigenvalue weighted by atomic mass is 9.89. The second-order valence-corrected chi connectivity index (χ2v) is 11.1. The number of hydrogen-bond acceptors (Lipinski definition) is 5. The van der Waals surface area contributed by atoms with E-state index in [0.717, 1.165) is 43.9 Å². The van der Waals surface area contributed by atoms with Crippen molar-refractivity contribution in [1.82, 2.24) is 10.2 Å². The number of rotatable bonds is 9. The Hall–Kier alpha value is -2.64. The molecule has 186 valence electrons. The molecule has 0 saturated carbocycles. The summed E-state index contributed by atoms with van der Waals surface area (Å²) in [7, 11) is 1.80. The zero-order valence-corrected chi connectivity index (χ0v) is 22.1. The van der Waals surface area contributed by atoms with Crippen LogP contribution in [0.2, 0.25) is 0 Å². The van der Waals surface area contributed by atoms with Crippen molar-refractivity contribution in [2.24, 2.45) is 11.3 Å². The molecule has 0 bridgehead atoms. The number of carbonyl (C=O) groups excluding carboxylic acids is 1. The van der Waals surface area contributed by atoms with Gasteiger partial charge < -0.3 is 25.4 Å². The Morgan fingerprint density at radius 3 is 2.50 bits per heavy atom. The molecule has 1 aliphatic rings. The highest BCUT2D eigenvalue weighted by Gasteiger charge is 2.29. The molecule has 3 N–H and O–H groups in total. The van der Waals surface area contributed by atoms with Gasteiger partial charge in [0.2, 0.25) is 5.91 Å². The quantitative estimate of drug-likeness (QED) is 0.299. The van der Waals surface area contributed by atoms with E-state index in [1.807, 2.05) is 17.0 Å². The van der Waals surface area contributed by atoms with Gasteiger partial charge in [-0.25, -0.2) is 0 Å². The lowest BCUT2D eigenvalue weighted by Crippen LogP contribution is -2.41. The number of nitrogens with two attached hydrogens (primary N) is 1. The molecule has 0 spiro atoms. The van der Waals surface area contributed by atoms with Crippen molar-refractivity contribution in [2.45, 2.75) is 45.4 Å². The SMILES string of the molecule is C=C/C(=C\C=C/NC)[S+]([O-])c1ccc(N(CC2CCN(C(C)=O)CC2)C(=C)C(C)(C)C)c(N)c1. The third kappa shape index (κ3) is 7.18. The predicted octanol–water partition coefficient (Wildman–Crippen LogP) is 4.80. The summed E-state index contributed by atoms with van der Waals surface area (Å²) >= 11 is -1.39. The van der Waals surface area contributed by atoms with Crippen molar-refractivity contribution in [2.75, 3.05) is 37.3 Å². The Morgan fingerprint density at radius 2 is 2.00 bits per heavy atom. The molecule has 1 saturated heterocycles. The largest absolute Gasteiger partial charge is 0.606 e. The number of carbonyl (C=O) groups is 1. The zero-order valence-electron chi connectivity index (χ0n) is 21.3. The number of nitrogens with zero attached hydrogens (tertiary/aromatic N) is 2. The number of benzene rings is 1. The van der Waals surface area contributed by atoms with Gasteiger partial charge in [-0.15, -0.1) is 0 Å². The van der Waals surface area contributed by atoms with Crippen LogP contribution in [0, 0.1) is 11.3 Å². The highest BCUT2D eigenvalue weighted by Crippen LogP contribution is 2.37. The lowest BCUT2D eigenvalue weighted by molar-refractivity contribution is -0.130. The van der Waals surface area contributed by atoms with E-state index >= 15 is 0 Å². The number of amides is 1. The first kappa shape index (κ1) is 27.6. The fraction of sp³-hybridized carbons (Fsp3) is 0.444. The van der Waals surface area contributed by atoms with Gasteiger partial charge in [-0.1, -0.05) is 33.9 Å². The molecule has 0 radical (unpaired) electrons. The summed E-state index contributed by atoms with van der Waals surface area (Å²) < 4.78 is 13.1. The molecule has 1 aromatic rings. The van der Waals surface area contributed by atoms with Gasteiger partial charge in [-0.2, -0.15) is 0 Å². The number of allylic oxidation sites excluding steroid dienone is 4. The van der Waals surface area contributed by atoms with Crippen molar-refractivity contribution < 1.29 is 9.35 Å². The van der Waals surface area contributed by atoms with Crippen LogP contribution in [0.3, 0.4) is 0 Å². The Morgan fingerprint density at radius 1 is 1.35 bits per heavy atom. The third-order valence-electron chi connectivity index (χ3n) is 6.13. The fourth-order valence-electron chi connectivity index (χ4n) is 3.92. The first-order chi connectivity index (χ1) is 16.0. The summed E-state index contributed by atoms with van der Waals surface area (Å²) in [5, 5.41) is 2.91. The van der Waals surface area contributed by atoms with Gasteiger partial charge in [0.1, 0.15) is 0 Å². The summed E-state index contributed by atoms with van der Waals surface area (Å²) in [5.74, 6) is 0.564. The van der Waals surface area contributed by atoms with Crippen LogP contribution in [0.25, 0.3) is 0 Å². The van der Waals surface area contributed by atoms with Crippen molar-refractivity contribution in [1.29, 1.82) is 0 Å². The maximum absolute atomic E-state index is 13.1. The highest BCUT2D eigenvalue weighted by atomic mass is 32.2. The monoisotopic (exact) mass is 484 g/mol. The molecule has 0 aromatic heterocycles. The average molecular weight is 485 g/mol. The van der Waals surface area contributed by atoms with Gasteiger partial charge in [0.15, 0.2) is 9.80 Å². The molecule has 2 rings (SSSR count). The minimum atomic E-state index is -1.39. The van der Waals surface area contributed by atoms with Gasteiger partial charge in [-0.3, -0.25) is 4.79 Å². The van der Waals surface area contributed by atoms with Crippen LogP contribution in [0.15, 0.2) is 71.3 Å². The standard InChI is InChI=1S/C27H40N4O2S/c1-8-23(10-9-15-29-7)34(33)24-11-12-26(25(28)18-24)31(20(2)27(4,5)6)19-22-13-16-30(17-14-22)21(3)32/h8-12,15,18,22,29H,1-2,13-14,16-17,19,28H2,3-7H3/b15-9-,23-10+. The molecular formula is C27H40N4O2S. The Labute approximate surface area is 208 Å². The summed E-state index contributed by atoms with van der Waals surface area (Å²) in [4.78, 5) is 17.1. The van der Waals surface area contributed by atoms with Crippen LogP contribution >= 0.6 is 0 Å². The third-order valence-corrected chi connectivity index (χ3v) is 7.55. The van der Waals surface area contributed by atoms with Gasteiger partial charge in [0, 0.05) is 62.0 Å². The van der Waals surface area contributed by atoms with E-state index < -0.39 is 11.2 Å². The van der Waals surface area contributed by atoms with E-state index in [0.29, 0.717) is 21.4 Å². The summed E-state index contributed by atoms with van der Waals surface area (Å²) in [5.41, 5.74) is 8.79. The van der Waals surface area contributed by atoms with Crippen LogP contribution in [-0.2, 0) is 16.0 Å². The van der Waals surface area contributed by atoms with E-state index in [-0.39, 0.29) is 11.3 Å². The molecule has 1 atom stereocenters. The molecule has 6 nitrogen and oxygen atoms in total. The number of hydrogen-bond donors (Lipinski definition) is 2. The minimum absolute atomic E-state index is 0.136. The molecule has 1 heterocycles. The second-order valence-electron chi connectivity index (χ2n) is 9.67. The van der Waals surface area contributed by atoms with Crippen LogP contribution in [0.4, 0.5) is 11.4 Å². The van der Waals surface area contributed by atoms with E-state index in [9.17, 15) is 9.35 Å². The molecule has 0 aliphatic carbocycles. The van der Waals surface area contributed by atoms with Crippen molar-refractivity contribution in [3.63, 3.8) is 0 Å². The van der Waals surface area contributed by atoms with E-state index in [4.69, 9.17) is 5.73 Å². The minimum Gasteiger partial charge on any atom is -0.606 e. The Balaban J connectivity index is 2.32. The molecule has 1 aromatic carbocycles. The van der Waals surface area contributed by atoms with E-state index in [1.165, 1.54) is 0 Å². The smallest absolute Gasteiger partial charge is 0.219 e. The van der Waals surface area contributed by atoms with E-state index in [2.05, 4.69) is 44.1 Å². The lowest BCUT2D eigenvalue weighted by Gasteiger charge is -2.39. The molecule has 1 unspecified atom stereocenters. The molecule has 7 heteroatoms. The van der Waals surface area contributed by atoms with Gasteiger partial charge in [-0.05, 0) is 55.3 Å². The number of anilines is 2. The maximum Gasteiger partial charge on any atom is 0.219 e. The zero-order chi connectivity index (χ0) is 25.5. The summed E-state index contributed by atoms with van der Waals surface area (Å²) in [6.07, 6.45) is 8.81. The molecule has 1 fully saturated rings. The number of nitrogens with one attached hydrogen (secondary N) is 1. The number of nitrogen functional groups attached to an aromatic ring is 1. The van der Waals surface area contributed by atoms with Gasteiger partial charge in [0.05, 0.1) is 11.4 Å². The first-order valence-corrected chi connectivity index (χ1v) is 12.8. The molecule has 34 heavy (non-hydrogen) atoms. The molecule has 1 aliphatic heterocycles. The van der Waals surface area contributed by atoms with Crippen LogP contribution in [0.1, 0.15) is 40.5 Å². The Kier molecular flexibility index (Phi) is 9.89. The van der Waals surface area contributed by atoms with Crippen LogP contribution in [0.5, 0.6) is 0 Å². The van der Waals surface area contributed by atoms with Crippen LogP contribution in [-0.4, -0.2) is 42.0 Å². The topological polar surface area (TPSA) is 84.7 Å². The summed E-state index contributed by atoms with van der Waals surface area (Å²) in [6, 6.07) is 5.59. The normalized spacial score (nSPS) is 16.4. The predicted molar refractivity (Wildman–Crippen MR) is 145 cm³/mol. The maximum atomic E-state index is 13.1. The van der Waals surface area contributed by atoms with Gasteiger partial charge >= 0.3 is 0 Å². The first-order valence-electron chi connectivity index (χ1n) is 11.7. The second kappa shape index (κ2) is 12.2. The Bertz CT molecular complexity index is 940. The van der Waals surface area contributed by atoms with Crippen molar-refractivity contribution >= 4 is 28.5 Å². The van der Waals surface area contributed by atoms with E-state index in [1.54, 1.807) is 44.5 Å². The number of likely N-dealkylation sites (tertiary alicyclic amines) is 1. The van der Waals surface area contributed by atoms with Crippen LogP contribution < -0.4 is 16.0 Å².